The first-order valence-electron chi connectivity index (χ1n) is 10.4. The zero-order chi connectivity index (χ0) is 21.9. The van der Waals surface area contributed by atoms with Gasteiger partial charge in [0, 0.05) is 37.3 Å². The molecule has 1 aliphatic carbocycles. The molecule has 1 N–H and O–H groups in total. The van der Waals surface area contributed by atoms with Gasteiger partial charge in [0.25, 0.3) is 5.69 Å². The number of nitro groups is 1. The van der Waals surface area contributed by atoms with E-state index in [1.165, 1.54) is 6.07 Å². The number of ether oxygens (including phenoxy) is 1. The van der Waals surface area contributed by atoms with Gasteiger partial charge in [0.1, 0.15) is 11.9 Å². The fourth-order valence-electron chi connectivity index (χ4n) is 4.22. The topological polar surface area (TPSA) is 105 Å². The SMILES string of the molecule is CC(C)(C)OC(=O)NC1CCC(N(CC=O)N2Cc3ccc([N+](=O)[O-])cc3C2)CC1. The predicted molar refractivity (Wildman–Crippen MR) is 111 cm³/mol. The van der Waals surface area contributed by atoms with Crippen LogP contribution in [0.3, 0.4) is 0 Å². The number of carbonyl (C=O) groups excluding carboxylic acids is 2. The van der Waals surface area contributed by atoms with Crippen LogP contribution in [-0.2, 0) is 22.6 Å². The minimum absolute atomic E-state index is 0.0626. The van der Waals surface area contributed by atoms with Crippen molar-refractivity contribution in [1.29, 1.82) is 0 Å². The lowest BCUT2D eigenvalue weighted by atomic mass is 9.91. The molecule has 0 unspecified atom stereocenters. The summed E-state index contributed by atoms with van der Waals surface area (Å²) in [6, 6.07) is 5.20. The van der Waals surface area contributed by atoms with Crippen molar-refractivity contribution in [2.75, 3.05) is 6.54 Å². The van der Waals surface area contributed by atoms with Crippen LogP contribution < -0.4 is 5.32 Å². The second-order valence-corrected chi connectivity index (χ2v) is 8.97. The number of amides is 1. The lowest BCUT2D eigenvalue weighted by Crippen LogP contribution is -2.50. The van der Waals surface area contributed by atoms with Crippen molar-refractivity contribution < 1.29 is 19.2 Å². The summed E-state index contributed by atoms with van der Waals surface area (Å²) in [4.78, 5) is 34.0. The number of aldehydes is 1. The van der Waals surface area contributed by atoms with E-state index in [2.05, 4.69) is 15.3 Å². The number of nitrogens with zero attached hydrogens (tertiary/aromatic N) is 3. The third-order valence-electron chi connectivity index (χ3n) is 5.57. The van der Waals surface area contributed by atoms with Crippen molar-refractivity contribution in [3.63, 3.8) is 0 Å². The lowest BCUT2D eigenvalue weighted by molar-refractivity contribution is -0.384. The van der Waals surface area contributed by atoms with E-state index < -0.39 is 11.7 Å². The van der Waals surface area contributed by atoms with Crippen molar-refractivity contribution in [3.8, 4) is 0 Å². The molecule has 0 saturated heterocycles. The Kier molecular flexibility index (Phi) is 6.72. The molecule has 3 rings (SSSR count). The highest BCUT2D eigenvalue weighted by atomic mass is 16.6. The minimum atomic E-state index is -0.526. The molecular formula is C21H30N4O5. The van der Waals surface area contributed by atoms with Gasteiger partial charge in [0.15, 0.2) is 0 Å². The van der Waals surface area contributed by atoms with Gasteiger partial charge in [-0.1, -0.05) is 6.07 Å². The van der Waals surface area contributed by atoms with Gasteiger partial charge < -0.3 is 14.8 Å². The van der Waals surface area contributed by atoms with Crippen molar-refractivity contribution in [1.82, 2.24) is 15.3 Å². The number of rotatable bonds is 6. The molecule has 1 heterocycles. The third-order valence-corrected chi connectivity index (χ3v) is 5.57. The zero-order valence-corrected chi connectivity index (χ0v) is 17.8. The van der Waals surface area contributed by atoms with E-state index in [4.69, 9.17) is 4.74 Å². The molecule has 1 amide bonds. The minimum Gasteiger partial charge on any atom is -0.444 e. The number of nitro benzene ring substituents is 1. The van der Waals surface area contributed by atoms with Gasteiger partial charge in [0.05, 0.1) is 11.5 Å². The molecule has 1 aliphatic heterocycles. The third kappa shape index (κ3) is 5.54. The maximum Gasteiger partial charge on any atom is 0.407 e. The first-order chi connectivity index (χ1) is 14.2. The number of benzene rings is 1. The van der Waals surface area contributed by atoms with Crippen LogP contribution in [0.1, 0.15) is 57.6 Å². The molecule has 164 valence electrons. The molecule has 0 radical (unpaired) electrons. The van der Waals surface area contributed by atoms with Crippen LogP contribution in [0.2, 0.25) is 0 Å². The zero-order valence-electron chi connectivity index (χ0n) is 17.8. The van der Waals surface area contributed by atoms with Gasteiger partial charge >= 0.3 is 6.09 Å². The standard InChI is InChI=1S/C21H30N4O5/c1-21(2,3)30-20(27)22-17-5-8-18(9-6-17)24(10-11-26)23-13-15-4-7-19(25(28)29)12-16(15)14-23/h4,7,11-12,17-18H,5-6,8-10,13-14H2,1-3H3,(H,22,27). The number of nitrogens with one attached hydrogen (secondary N) is 1. The molecule has 9 heteroatoms. The maximum absolute atomic E-state index is 12.0. The van der Waals surface area contributed by atoms with Crippen LogP contribution >= 0.6 is 0 Å². The summed E-state index contributed by atoms with van der Waals surface area (Å²) in [5, 5.41) is 18.2. The van der Waals surface area contributed by atoms with Gasteiger partial charge in [-0.15, -0.1) is 0 Å². The molecule has 2 aliphatic rings. The van der Waals surface area contributed by atoms with Crippen LogP contribution in [0.4, 0.5) is 10.5 Å². The molecule has 0 bridgehead atoms. The molecule has 0 aromatic heterocycles. The normalized spacial score (nSPS) is 21.9. The van der Waals surface area contributed by atoms with Crippen LogP contribution in [0, 0.1) is 10.1 Å². The van der Waals surface area contributed by atoms with E-state index in [-0.39, 0.29) is 29.2 Å². The summed E-state index contributed by atoms with van der Waals surface area (Å²) < 4.78 is 5.33. The monoisotopic (exact) mass is 418 g/mol. The Morgan fingerprint density at radius 1 is 1.27 bits per heavy atom. The Hall–Kier alpha value is -2.52. The number of hydrogen-bond acceptors (Lipinski definition) is 7. The number of alkyl carbamates (subject to hydrolysis) is 1. The highest BCUT2D eigenvalue weighted by Crippen LogP contribution is 2.31. The molecule has 1 aromatic carbocycles. The van der Waals surface area contributed by atoms with E-state index in [0.29, 0.717) is 13.1 Å². The highest BCUT2D eigenvalue weighted by molar-refractivity contribution is 5.68. The fourth-order valence-corrected chi connectivity index (χ4v) is 4.22. The van der Waals surface area contributed by atoms with Gasteiger partial charge in [-0.05, 0) is 57.6 Å². The molecule has 1 fully saturated rings. The fraction of sp³-hybridized carbons (Fsp3) is 0.619. The largest absolute Gasteiger partial charge is 0.444 e. The lowest BCUT2D eigenvalue weighted by Gasteiger charge is -2.40. The van der Waals surface area contributed by atoms with Crippen LogP contribution in [0.15, 0.2) is 18.2 Å². The summed E-state index contributed by atoms with van der Waals surface area (Å²) in [5.74, 6) is 0. The summed E-state index contributed by atoms with van der Waals surface area (Å²) in [6.45, 7) is 6.99. The number of non-ortho nitro benzene ring substituents is 1. The van der Waals surface area contributed by atoms with Gasteiger partial charge in [-0.25, -0.2) is 14.8 Å². The maximum atomic E-state index is 12.0. The molecule has 1 aromatic rings. The number of hydrazine groups is 1. The summed E-state index contributed by atoms with van der Waals surface area (Å²) in [5.41, 5.74) is 1.55. The second kappa shape index (κ2) is 9.09. The summed E-state index contributed by atoms with van der Waals surface area (Å²) in [7, 11) is 0. The summed E-state index contributed by atoms with van der Waals surface area (Å²) >= 11 is 0. The van der Waals surface area contributed by atoms with E-state index in [1.54, 1.807) is 12.1 Å². The average molecular weight is 418 g/mol. The Labute approximate surface area is 176 Å². The van der Waals surface area contributed by atoms with Gasteiger partial charge in [0.2, 0.25) is 0 Å². The first kappa shape index (κ1) is 22.2. The molecule has 0 atom stereocenters. The Morgan fingerprint density at radius 3 is 2.53 bits per heavy atom. The van der Waals surface area contributed by atoms with Crippen LogP contribution in [0.25, 0.3) is 0 Å². The van der Waals surface area contributed by atoms with Crippen molar-refractivity contribution in [2.24, 2.45) is 0 Å². The van der Waals surface area contributed by atoms with Gasteiger partial charge in [-0.2, -0.15) is 0 Å². The van der Waals surface area contributed by atoms with E-state index in [1.807, 2.05) is 20.8 Å². The number of fused-ring (bicyclic) bond motifs is 1. The van der Waals surface area contributed by atoms with Crippen molar-refractivity contribution >= 4 is 18.1 Å². The Balaban J connectivity index is 1.58. The second-order valence-electron chi connectivity index (χ2n) is 8.97. The quantitative estimate of drug-likeness (QED) is 0.430. The average Bonchev–Trinajstić information content (AvgIpc) is 3.08. The van der Waals surface area contributed by atoms with E-state index in [9.17, 15) is 19.7 Å². The van der Waals surface area contributed by atoms with Crippen molar-refractivity contribution in [3.05, 3.63) is 39.4 Å². The van der Waals surface area contributed by atoms with Crippen LogP contribution in [0.5, 0.6) is 0 Å². The Morgan fingerprint density at radius 2 is 1.93 bits per heavy atom. The van der Waals surface area contributed by atoms with E-state index in [0.717, 1.165) is 43.1 Å². The number of carbonyl (C=O) groups is 2. The number of hydrogen-bond donors (Lipinski definition) is 1. The van der Waals surface area contributed by atoms with Gasteiger partial charge in [-0.3, -0.25) is 10.1 Å². The first-order valence-corrected chi connectivity index (χ1v) is 10.4. The molecule has 9 nitrogen and oxygen atoms in total. The smallest absolute Gasteiger partial charge is 0.407 e. The molecule has 30 heavy (non-hydrogen) atoms. The highest BCUT2D eigenvalue weighted by Gasteiger charge is 2.33. The van der Waals surface area contributed by atoms with Crippen LogP contribution in [-0.4, -0.2) is 51.6 Å². The predicted octanol–water partition coefficient (Wildman–Crippen LogP) is 3.16. The molecule has 1 saturated carbocycles. The Bertz CT molecular complexity index is 799. The summed E-state index contributed by atoms with van der Waals surface area (Å²) in [6.07, 6.45) is 3.82. The molecular weight excluding hydrogens is 388 g/mol. The van der Waals surface area contributed by atoms with Crippen molar-refractivity contribution in [2.45, 2.75) is 77.2 Å². The molecule has 0 spiro atoms. The van der Waals surface area contributed by atoms with E-state index >= 15 is 0 Å².